The largest absolute Gasteiger partial charge is 0.446 e. The van der Waals surface area contributed by atoms with Crippen molar-refractivity contribution in [3.05, 3.63) is 29.7 Å². The van der Waals surface area contributed by atoms with E-state index >= 15 is 0 Å². The number of ether oxygens (including phenoxy) is 1. The molecule has 0 spiro atoms. The number of nitrogens with one attached hydrogen (secondary N) is 2. The van der Waals surface area contributed by atoms with E-state index in [0.29, 0.717) is 17.5 Å². The molecular formula is C19H25FN6O2. The van der Waals surface area contributed by atoms with Gasteiger partial charge < -0.3 is 15.4 Å². The fourth-order valence-electron chi connectivity index (χ4n) is 3.53. The standard InChI is InChI=1S/C19H25FN6O2/c1-19(5-6-19)24-18(27)28-15-4-3-12(7-15)13-10-21-17(22-11-13)23-16-8-14(9-20)25-26(16)2/h8,10-12,15H,3-7,9H2,1-2H3,(H,24,27)(H,21,22,23)/t12-,15+/m0/s1. The number of halogens is 1. The molecule has 1 amide bonds. The van der Waals surface area contributed by atoms with Crippen LogP contribution in [0.5, 0.6) is 0 Å². The highest BCUT2D eigenvalue weighted by molar-refractivity contribution is 5.69. The molecule has 28 heavy (non-hydrogen) atoms. The fourth-order valence-corrected chi connectivity index (χ4v) is 3.53. The third-order valence-electron chi connectivity index (χ3n) is 5.51. The SMILES string of the molecule is Cn1nc(CF)cc1Nc1ncc([C@H]2CC[C@@H](OC(=O)NC3(C)CC3)C2)cn1. The number of alkyl halides is 1. The molecule has 0 aliphatic heterocycles. The van der Waals surface area contributed by atoms with Gasteiger partial charge in [-0.15, -0.1) is 0 Å². The van der Waals surface area contributed by atoms with Crippen LogP contribution < -0.4 is 10.6 Å². The summed E-state index contributed by atoms with van der Waals surface area (Å²) in [6, 6.07) is 1.63. The lowest BCUT2D eigenvalue weighted by Crippen LogP contribution is -2.36. The number of anilines is 2. The molecule has 2 aliphatic carbocycles. The Morgan fingerprint density at radius 2 is 2.11 bits per heavy atom. The minimum Gasteiger partial charge on any atom is -0.446 e. The summed E-state index contributed by atoms with van der Waals surface area (Å²) < 4.78 is 19.8. The zero-order valence-corrected chi connectivity index (χ0v) is 16.1. The highest BCUT2D eigenvalue weighted by Crippen LogP contribution is 2.37. The van der Waals surface area contributed by atoms with Crippen LogP contribution in [0.3, 0.4) is 0 Å². The topological polar surface area (TPSA) is 94.0 Å². The van der Waals surface area contributed by atoms with Gasteiger partial charge in [-0.25, -0.2) is 19.2 Å². The van der Waals surface area contributed by atoms with E-state index in [2.05, 4.69) is 25.7 Å². The average molecular weight is 388 g/mol. The number of alkyl carbamates (subject to hydrolysis) is 1. The van der Waals surface area contributed by atoms with Gasteiger partial charge in [0.25, 0.3) is 0 Å². The van der Waals surface area contributed by atoms with E-state index in [0.717, 1.165) is 37.7 Å². The second-order valence-corrected chi connectivity index (χ2v) is 7.97. The van der Waals surface area contributed by atoms with Gasteiger partial charge >= 0.3 is 6.09 Å². The van der Waals surface area contributed by atoms with Crippen LogP contribution in [-0.4, -0.2) is 37.5 Å². The molecule has 0 unspecified atom stereocenters. The van der Waals surface area contributed by atoms with Crippen LogP contribution in [0.1, 0.15) is 56.2 Å². The van der Waals surface area contributed by atoms with Crippen LogP contribution in [0.4, 0.5) is 21.0 Å². The number of amides is 1. The van der Waals surface area contributed by atoms with Crippen molar-refractivity contribution in [1.82, 2.24) is 25.1 Å². The van der Waals surface area contributed by atoms with Crippen molar-refractivity contribution in [2.24, 2.45) is 7.05 Å². The van der Waals surface area contributed by atoms with Crippen molar-refractivity contribution in [3.8, 4) is 0 Å². The molecule has 2 fully saturated rings. The molecule has 0 aromatic carbocycles. The maximum Gasteiger partial charge on any atom is 0.407 e. The van der Waals surface area contributed by atoms with Crippen LogP contribution in [0.25, 0.3) is 0 Å². The molecule has 8 nitrogen and oxygen atoms in total. The first-order valence-corrected chi connectivity index (χ1v) is 9.61. The Hall–Kier alpha value is -2.71. The number of hydrogen-bond acceptors (Lipinski definition) is 6. The lowest BCUT2D eigenvalue weighted by Gasteiger charge is -2.16. The summed E-state index contributed by atoms with van der Waals surface area (Å²) in [5, 5.41) is 10.0. The lowest BCUT2D eigenvalue weighted by molar-refractivity contribution is 0.0967. The van der Waals surface area contributed by atoms with E-state index < -0.39 is 6.67 Å². The molecular weight excluding hydrogens is 363 g/mol. The van der Waals surface area contributed by atoms with Gasteiger partial charge in [-0.3, -0.25) is 4.68 Å². The number of rotatable bonds is 6. The summed E-state index contributed by atoms with van der Waals surface area (Å²) in [5.74, 6) is 1.34. The predicted molar refractivity (Wildman–Crippen MR) is 101 cm³/mol. The van der Waals surface area contributed by atoms with E-state index in [9.17, 15) is 9.18 Å². The fraction of sp³-hybridized carbons (Fsp3) is 0.579. The van der Waals surface area contributed by atoms with E-state index in [1.165, 1.54) is 0 Å². The molecule has 2 N–H and O–H groups in total. The Bertz CT molecular complexity index is 849. The molecule has 2 aromatic rings. The van der Waals surface area contributed by atoms with Crippen molar-refractivity contribution in [3.63, 3.8) is 0 Å². The second-order valence-electron chi connectivity index (χ2n) is 7.97. The molecule has 4 rings (SSSR count). The first-order chi connectivity index (χ1) is 13.4. The van der Waals surface area contributed by atoms with Gasteiger partial charge in [0.15, 0.2) is 0 Å². The molecule has 2 aromatic heterocycles. The third kappa shape index (κ3) is 4.23. The number of aryl methyl sites for hydroxylation is 1. The van der Waals surface area contributed by atoms with Gasteiger partial charge in [-0.2, -0.15) is 5.10 Å². The Morgan fingerprint density at radius 1 is 1.36 bits per heavy atom. The van der Waals surface area contributed by atoms with Crippen molar-refractivity contribution in [2.75, 3.05) is 5.32 Å². The number of hydrogen-bond donors (Lipinski definition) is 2. The van der Waals surface area contributed by atoms with Crippen LogP contribution in [0, 0.1) is 0 Å². The Kier molecular flexibility index (Phi) is 4.91. The molecule has 2 atom stereocenters. The monoisotopic (exact) mass is 388 g/mol. The van der Waals surface area contributed by atoms with Gasteiger partial charge in [0.05, 0.1) is 5.69 Å². The Morgan fingerprint density at radius 3 is 2.75 bits per heavy atom. The van der Waals surface area contributed by atoms with E-state index in [4.69, 9.17) is 4.74 Å². The molecule has 0 saturated heterocycles. The Labute approximate surface area is 162 Å². The quantitative estimate of drug-likeness (QED) is 0.788. The maximum absolute atomic E-state index is 12.7. The number of carbonyl (C=O) groups is 1. The molecule has 2 saturated carbocycles. The molecule has 9 heteroatoms. The molecule has 2 heterocycles. The number of nitrogens with zero attached hydrogens (tertiary/aromatic N) is 4. The van der Waals surface area contributed by atoms with Crippen molar-refractivity contribution >= 4 is 17.9 Å². The van der Waals surface area contributed by atoms with E-state index in [1.54, 1.807) is 30.2 Å². The predicted octanol–water partition coefficient (Wildman–Crippen LogP) is 3.34. The summed E-state index contributed by atoms with van der Waals surface area (Å²) in [6.45, 7) is 1.42. The van der Waals surface area contributed by atoms with Gasteiger partial charge in [-0.1, -0.05) is 0 Å². The summed E-state index contributed by atoms with van der Waals surface area (Å²) in [4.78, 5) is 20.7. The number of carbonyl (C=O) groups excluding carboxylic acids is 1. The van der Waals surface area contributed by atoms with Crippen molar-refractivity contribution < 1.29 is 13.9 Å². The third-order valence-corrected chi connectivity index (χ3v) is 5.51. The molecule has 2 aliphatic rings. The number of aromatic nitrogens is 4. The zero-order valence-electron chi connectivity index (χ0n) is 16.1. The smallest absolute Gasteiger partial charge is 0.407 e. The van der Waals surface area contributed by atoms with E-state index in [-0.39, 0.29) is 23.7 Å². The van der Waals surface area contributed by atoms with Gasteiger partial charge in [0, 0.05) is 31.0 Å². The van der Waals surface area contributed by atoms with Gasteiger partial charge in [0.2, 0.25) is 5.95 Å². The van der Waals surface area contributed by atoms with Gasteiger partial charge in [0.1, 0.15) is 18.6 Å². The summed E-state index contributed by atoms with van der Waals surface area (Å²) >= 11 is 0. The highest BCUT2D eigenvalue weighted by Gasteiger charge is 2.40. The van der Waals surface area contributed by atoms with Crippen molar-refractivity contribution in [2.45, 2.75) is 63.3 Å². The van der Waals surface area contributed by atoms with Crippen LogP contribution in [0.15, 0.2) is 18.5 Å². The second kappa shape index (κ2) is 7.37. The molecule has 0 bridgehead atoms. The van der Waals surface area contributed by atoms with Gasteiger partial charge in [-0.05, 0) is 50.5 Å². The summed E-state index contributed by atoms with van der Waals surface area (Å²) in [6.07, 6.45) is 7.79. The lowest BCUT2D eigenvalue weighted by atomic mass is 10.0. The van der Waals surface area contributed by atoms with Crippen LogP contribution >= 0.6 is 0 Å². The van der Waals surface area contributed by atoms with E-state index in [1.807, 2.05) is 6.92 Å². The first kappa shape index (κ1) is 18.6. The normalized spacial score (nSPS) is 22.7. The molecule has 0 radical (unpaired) electrons. The molecule has 150 valence electrons. The minimum atomic E-state index is -0.614. The highest BCUT2D eigenvalue weighted by atomic mass is 19.1. The summed E-state index contributed by atoms with van der Waals surface area (Å²) in [7, 11) is 1.73. The van der Waals surface area contributed by atoms with Crippen LogP contribution in [0.2, 0.25) is 0 Å². The zero-order chi connectivity index (χ0) is 19.7. The maximum atomic E-state index is 12.7. The van der Waals surface area contributed by atoms with Crippen LogP contribution in [-0.2, 0) is 18.5 Å². The summed E-state index contributed by atoms with van der Waals surface area (Å²) in [5.41, 5.74) is 1.32. The van der Waals surface area contributed by atoms with Crippen molar-refractivity contribution in [1.29, 1.82) is 0 Å². The minimum absolute atomic E-state index is 0.0649. The Balaban J connectivity index is 1.31. The average Bonchev–Trinajstić information content (AvgIpc) is 3.05. The first-order valence-electron chi connectivity index (χ1n) is 9.61.